The van der Waals surface area contributed by atoms with Gasteiger partial charge in [0.2, 0.25) is 0 Å². The van der Waals surface area contributed by atoms with Gasteiger partial charge in [0.15, 0.2) is 0 Å². The Morgan fingerprint density at radius 1 is 1.24 bits per heavy atom. The third kappa shape index (κ3) is 3.50. The molecule has 25 heavy (non-hydrogen) atoms. The summed E-state index contributed by atoms with van der Waals surface area (Å²) in [6.45, 7) is 3.92. The summed E-state index contributed by atoms with van der Waals surface area (Å²) < 4.78 is 5.67. The number of nitrogens with zero attached hydrogens (tertiary/aromatic N) is 2. The summed E-state index contributed by atoms with van der Waals surface area (Å²) in [6.07, 6.45) is 4.39. The zero-order chi connectivity index (χ0) is 17.3. The Morgan fingerprint density at radius 3 is 2.72 bits per heavy atom. The molecule has 0 atom stereocenters. The molecule has 0 N–H and O–H groups in total. The molecule has 3 nitrogen and oxygen atoms in total. The van der Waals surface area contributed by atoms with Crippen molar-refractivity contribution in [1.82, 2.24) is 9.88 Å². The number of thiazole rings is 1. The second-order valence-electron chi connectivity index (χ2n) is 7.35. The Labute approximate surface area is 159 Å². The Morgan fingerprint density at radius 2 is 2.00 bits per heavy atom. The number of halogens is 1. The van der Waals surface area contributed by atoms with Crippen LogP contribution in [0.1, 0.15) is 47.9 Å². The molecule has 2 aliphatic heterocycles. The van der Waals surface area contributed by atoms with Crippen LogP contribution in [0.2, 0.25) is 5.02 Å². The number of benzene rings is 1. The van der Waals surface area contributed by atoms with Crippen LogP contribution in [0.15, 0.2) is 29.6 Å². The summed E-state index contributed by atoms with van der Waals surface area (Å²) >= 11 is 8.15. The van der Waals surface area contributed by atoms with E-state index in [-0.39, 0.29) is 5.41 Å². The summed E-state index contributed by atoms with van der Waals surface area (Å²) in [7, 11) is 2.21. The molecule has 0 spiro atoms. The molecule has 0 saturated carbocycles. The van der Waals surface area contributed by atoms with Gasteiger partial charge in [-0.3, -0.25) is 0 Å². The van der Waals surface area contributed by atoms with Gasteiger partial charge in [0.05, 0.1) is 10.7 Å². The zero-order valence-electron chi connectivity index (χ0n) is 14.7. The number of hydrogen-bond donors (Lipinski definition) is 0. The second kappa shape index (κ2) is 7.36. The lowest BCUT2D eigenvalue weighted by Crippen LogP contribution is -2.35. The molecule has 0 aliphatic carbocycles. The van der Waals surface area contributed by atoms with Crippen LogP contribution in [-0.4, -0.2) is 43.2 Å². The molecule has 4 rings (SSSR count). The Kier molecular flexibility index (Phi) is 5.14. The van der Waals surface area contributed by atoms with Gasteiger partial charge in [-0.2, -0.15) is 0 Å². The van der Waals surface area contributed by atoms with E-state index in [4.69, 9.17) is 21.3 Å². The van der Waals surface area contributed by atoms with Gasteiger partial charge in [0.1, 0.15) is 0 Å². The molecule has 0 unspecified atom stereocenters. The van der Waals surface area contributed by atoms with Gasteiger partial charge in [0.25, 0.3) is 0 Å². The van der Waals surface area contributed by atoms with Gasteiger partial charge in [-0.05, 0) is 63.5 Å². The van der Waals surface area contributed by atoms with Crippen LogP contribution in [0, 0.1) is 0 Å². The molecule has 1 aromatic heterocycles. The summed E-state index contributed by atoms with van der Waals surface area (Å²) in [4.78, 5) is 7.58. The first-order valence-electron chi connectivity index (χ1n) is 9.16. The quantitative estimate of drug-likeness (QED) is 0.776. The van der Waals surface area contributed by atoms with Gasteiger partial charge in [-0.15, -0.1) is 11.3 Å². The van der Waals surface area contributed by atoms with Crippen LogP contribution in [0.5, 0.6) is 0 Å². The molecule has 134 valence electrons. The monoisotopic (exact) mass is 376 g/mol. The predicted molar refractivity (Wildman–Crippen MR) is 104 cm³/mol. The van der Waals surface area contributed by atoms with E-state index in [9.17, 15) is 0 Å². The minimum Gasteiger partial charge on any atom is -0.381 e. The minimum absolute atomic E-state index is 0.0522. The smallest absolute Gasteiger partial charge is 0.0960 e. The van der Waals surface area contributed by atoms with E-state index in [2.05, 4.69) is 35.5 Å². The van der Waals surface area contributed by atoms with Crippen LogP contribution >= 0.6 is 22.9 Å². The molecule has 1 aromatic carbocycles. The SMILES string of the molecule is CN1CCC(c2nc(C3(c4cccc(Cl)c4)CCOCC3)cs2)CC1. The molecular formula is C20H25ClN2OS. The van der Waals surface area contributed by atoms with Crippen LogP contribution in [0.4, 0.5) is 0 Å². The number of aromatic nitrogens is 1. The fourth-order valence-corrected chi connectivity index (χ4v) is 5.43. The van der Waals surface area contributed by atoms with Crippen molar-refractivity contribution in [3.63, 3.8) is 0 Å². The van der Waals surface area contributed by atoms with Crippen molar-refractivity contribution in [2.24, 2.45) is 0 Å². The Balaban J connectivity index is 1.67. The van der Waals surface area contributed by atoms with Gasteiger partial charge < -0.3 is 9.64 Å². The van der Waals surface area contributed by atoms with Crippen molar-refractivity contribution in [1.29, 1.82) is 0 Å². The van der Waals surface area contributed by atoms with E-state index in [1.54, 1.807) is 0 Å². The fourth-order valence-electron chi connectivity index (χ4n) is 4.15. The zero-order valence-corrected chi connectivity index (χ0v) is 16.3. The third-order valence-corrected chi connectivity index (χ3v) is 7.05. The van der Waals surface area contributed by atoms with E-state index < -0.39 is 0 Å². The van der Waals surface area contributed by atoms with Crippen LogP contribution in [0.3, 0.4) is 0 Å². The predicted octanol–water partition coefficient (Wildman–Crippen LogP) is 4.70. The van der Waals surface area contributed by atoms with Gasteiger partial charge in [-0.25, -0.2) is 4.98 Å². The van der Waals surface area contributed by atoms with Crippen molar-refractivity contribution in [2.45, 2.75) is 37.0 Å². The molecule has 2 aromatic rings. The normalized spacial score (nSPS) is 22.2. The summed E-state index contributed by atoms with van der Waals surface area (Å²) in [5.74, 6) is 0.617. The van der Waals surface area contributed by atoms with Crippen molar-refractivity contribution >= 4 is 22.9 Å². The highest BCUT2D eigenvalue weighted by atomic mass is 35.5. The fraction of sp³-hybridized carbons (Fsp3) is 0.550. The van der Waals surface area contributed by atoms with E-state index in [0.717, 1.165) is 31.1 Å². The van der Waals surface area contributed by atoms with Crippen molar-refractivity contribution in [3.8, 4) is 0 Å². The number of hydrogen-bond acceptors (Lipinski definition) is 4. The number of likely N-dealkylation sites (tertiary alicyclic amines) is 1. The molecule has 0 bridgehead atoms. The van der Waals surface area contributed by atoms with Gasteiger partial charge in [0, 0.05) is 34.9 Å². The first-order valence-corrected chi connectivity index (χ1v) is 10.4. The average molecular weight is 377 g/mol. The largest absolute Gasteiger partial charge is 0.381 e. The number of piperidine rings is 1. The van der Waals surface area contributed by atoms with Crippen molar-refractivity contribution in [3.05, 3.63) is 50.9 Å². The van der Waals surface area contributed by atoms with E-state index in [1.165, 1.54) is 42.2 Å². The molecule has 2 fully saturated rings. The molecule has 0 radical (unpaired) electrons. The molecule has 0 amide bonds. The average Bonchev–Trinajstić information content (AvgIpc) is 3.13. The van der Waals surface area contributed by atoms with E-state index in [1.807, 2.05) is 17.4 Å². The first-order chi connectivity index (χ1) is 12.2. The van der Waals surface area contributed by atoms with E-state index >= 15 is 0 Å². The van der Waals surface area contributed by atoms with Crippen LogP contribution in [-0.2, 0) is 10.2 Å². The van der Waals surface area contributed by atoms with Crippen molar-refractivity contribution in [2.75, 3.05) is 33.4 Å². The third-order valence-electron chi connectivity index (χ3n) is 5.80. The molecule has 3 heterocycles. The summed E-state index contributed by atoms with van der Waals surface area (Å²) in [6, 6.07) is 8.31. The maximum Gasteiger partial charge on any atom is 0.0960 e. The Hall–Kier alpha value is -0.940. The van der Waals surface area contributed by atoms with Crippen LogP contribution in [0.25, 0.3) is 0 Å². The lowest BCUT2D eigenvalue weighted by atomic mass is 9.72. The summed E-state index contributed by atoms with van der Waals surface area (Å²) in [5.41, 5.74) is 2.45. The number of rotatable bonds is 3. The van der Waals surface area contributed by atoms with E-state index in [0.29, 0.717) is 5.92 Å². The summed E-state index contributed by atoms with van der Waals surface area (Å²) in [5, 5.41) is 4.41. The maximum absolute atomic E-state index is 6.30. The Bertz CT molecular complexity index is 718. The lowest BCUT2D eigenvalue weighted by Gasteiger charge is -2.36. The first kappa shape index (κ1) is 17.5. The highest BCUT2D eigenvalue weighted by Gasteiger charge is 2.39. The van der Waals surface area contributed by atoms with Crippen LogP contribution < -0.4 is 0 Å². The molecule has 5 heteroatoms. The topological polar surface area (TPSA) is 25.4 Å². The second-order valence-corrected chi connectivity index (χ2v) is 8.68. The maximum atomic E-state index is 6.30. The van der Waals surface area contributed by atoms with Gasteiger partial charge >= 0.3 is 0 Å². The molecular weight excluding hydrogens is 352 g/mol. The highest BCUT2D eigenvalue weighted by molar-refractivity contribution is 7.09. The lowest BCUT2D eigenvalue weighted by molar-refractivity contribution is 0.0619. The standard InChI is InChI=1S/C20H25ClN2OS/c1-23-9-5-15(6-10-23)19-22-18(14-25-19)20(7-11-24-12-8-20)16-3-2-4-17(21)13-16/h2-4,13-15H,5-12H2,1H3. The number of ether oxygens (including phenoxy) is 1. The van der Waals surface area contributed by atoms with Gasteiger partial charge in [-0.1, -0.05) is 23.7 Å². The highest BCUT2D eigenvalue weighted by Crippen LogP contribution is 2.43. The van der Waals surface area contributed by atoms with Crippen molar-refractivity contribution < 1.29 is 4.74 Å². The minimum atomic E-state index is -0.0522. The molecule has 2 saturated heterocycles. The molecule has 2 aliphatic rings.